The predicted molar refractivity (Wildman–Crippen MR) is 51.2 cm³/mol. The SMILES string of the molecule is C=CCC(F)(F)[C@@H](O)c1ccccc1. The molecule has 0 aliphatic rings. The van der Waals surface area contributed by atoms with Gasteiger partial charge in [0.1, 0.15) is 6.10 Å². The first-order valence-corrected chi connectivity index (χ1v) is 4.29. The average molecular weight is 198 g/mol. The molecular formula is C11H12F2O. The molecule has 1 aromatic rings. The predicted octanol–water partition coefficient (Wildman–Crippen LogP) is 2.93. The Morgan fingerprint density at radius 1 is 1.36 bits per heavy atom. The largest absolute Gasteiger partial charge is 0.382 e. The molecule has 0 heterocycles. The second-order valence-electron chi connectivity index (χ2n) is 3.07. The van der Waals surface area contributed by atoms with Crippen LogP contribution in [0, 0.1) is 0 Å². The van der Waals surface area contributed by atoms with Crippen LogP contribution in [0.4, 0.5) is 8.78 Å². The van der Waals surface area contributed by atoms with E-state index in [-0.39, 0.29) is 5.56 Å². The van der Waals surface area contributed by atoms with Crippen LogP contribution < -0.4 is 0 Å². The van der Waals surface area contributed by atoms with Gasteiger partial charge in [0, 0.05) is 6.42 Å². The fourth-order valence-corrected chi connectivity index (χ4v) is 1.18. The van der Waals surface area contributed by atoms with Gasteiger partial charge in [0.25, 0.3) is 5.92 Å². The van der Waals surface area contributed by atoms with Crippen LogP contribution in [0.15, 0.2) is 43.0 Å². The van der Waals surface area contributed by atoms with Crippen molar-refractivity contribution in [1.29, 1.82) is 0 Å². The summed E-state index contributed by atoms with van der Waals surface area (Å²) in [6.07, 6.45) is -1.18. The second kappa shape index (κ2) is 4.33. The molecule has 0 aliphatic heterocycles. The van der Waals surface area contributed by atoms with E-state index in [1.165, 1.54) is 12.1 Å². The van der Waals surface area contributed by atoms with E-state index in [0.717, 1.165) is 6.08 Å². The Balaban J connectivity index is 2.84. The standard InChI is InChI=1S/C11H12F2O/c1-2-8-11(12,13)10(14)9-6-4-3-5-7-9/h2-7,10,14H,1,8H2/t10-/m0/s1. The molecule has 0 saturated carbocycles. The maximum absolute atomic E-state index is 13.2. The van der Waals surface area contributed by atoms with E-state index in [1.807, 2.05) is 0 Å². The van der Waals surface area contributed by atoms with Crippen molar-refractivity contribution in [3.8, 4) is 0 Å². The summed E-state index contributed by atoms with van der Waals surface area (Å²) in [4.78, 5) is 0. The van der Waals surface area contributed by atoms with Crippen LogP contribution in [0.25, 0.3) is 0 Å². The van der Waals surface area contributed by atoms with Crippen molar-refractivity contribution < 1.29 is 13.9 Å². The van der Waals surface area contributed by atoms with Crippen LogP contribution in [0.1, 0.15) is 18.1 Å². The quantitative estimate of drug-likeness (QED) is 0.737. The zero-order chi connectivity index (χ0) is 10.6. The first-order chi connectivity index (χ1) is 6.58. The van der Waals surface area contributed by atoms with Crippen LogP contribution in [0.3, 0.4) is 0 Å². The highest BCUT2D eigenvalue weighted by Gasteiger charge is 2.37. The molecule has 0 unspecified atom stereocenters. The first kappa shape index (κ1) is 10.9. The number of hydrogen-bond acceptors (Lipinski definition) is 1. The molecule has 1 atom stereocenters. The Morgan fingerprint density at radius 3 is 2.43 bits per heavy atom. The van der Waals surface area contributed by atoms with E-state index < -0.39 is 18.4 Å². The molecule has 14 heavy (non-hydrogen) atoms. The van der Waals surface area contributed by atoms with Crippen LogP contribution in [0.5, 0.6) is 0 Å². The smallest absolute Gasteiger partial charge is 0.280 e. The molecule has 0 aliphatic carbocycles. The molecule has 3 heteroatoms. The molecular weight excluding hydrogens is 186 g/mol. The number of hydrogen-bond donors (Lipinski definition) is 1. The van der Waals surface area contributed by atoms with Crippen LogP contribution in [-0.4, -0.2) is 11.0 Å². The van der Waals surface area contributed by atoms with Gasteiger partial charge in [-0.3, -0.25) is 0 Å². The van der Waals surface area contributed by atoms with Crippen molar-refractivity contribution in [2.45, 2.75) is 18.4 Å². The minimum atomic E-state index is -3.15. The molecule has 1 N–H and O–H groups in total. The van der Waals surface area contributed by atoms with Gasteiger partial charge in [-0.15, -0.1) is 6.58 Å². The summed E-state index contributed by atoms with van der Waals surface area (Å²) in [7, 11) is 0. The van der Waals surface area contributed by atoms with E-state index in [9.17, 15) is 13.9 Å². The van der Waals surface area contributed by atoms with Gasteiger partial charge < -0.3 is 5.11 Å². The van der Waals surface area contributed by atoms with Crippen molar-refractivity contribution >= 4 is 0 Å². The maximum Gasteiger partial charge on any atom is 0.280 e. The van der Waals surface area contributed by atoms with Gasteiger partial charge in [0.05, 0.1) is 0 Å². The third-order valence-corrected chi connectivity index (χ3v) is 1.93. The fraction of sp³-hybridized carbons (Fsp3) is 0.273. The lowest BCUT2D eigenvalue weighted by molar-refractivity contribution is -0.108. The number of benzene rings is 1. The van der Waals surface area contributed by atoms with E-state index >= 15 is 0 Å². The van der Waals surface area contributed by atoms with Crippen molar-refractivity contribution in [3.05, 3.63) is 48.6 Å². The fourth-order valence-electron chi connectivity index (χ4n) is 1.18. The zero-order valence-corrected chi connectivity index (χ0v) is 7.66. The number of rotatable bonds is 4. The maximum atomic E-state index is 13.2. The monoisotopic (exact) mass is 198 g/mol. The summed E-state index contributed by atoms with van der Waals surface area (Å²) < 4.78 is 26.4. The van der Waals surface area contributed by atoms with E-state index in [2.05, 4.69) is 6.58 Å². The second-order valence-corrected chi connectivity index (χ2v) is 3.07. The van der Waals surface area contributed by atoms with Crippen LogP contribution >= 0.6 is 0 Å². The lowest BCUT2D eigenvalue weighted by Gasteiger charge is -2.21. The zero-order valence-electron chi connectivity index (χ0n) is 7.66. The van der Waals surface area contributed by atoms with Gasteiger partial charge in [0.15, 0.2) is 0 Å². The minimum absolute atomic E-state index is 0.222. The Labute approximate surface area is 81.7 Å². The average Bonchev–Trinajstić information content (AvgIpc) is 2.18. The Morgan fingerprint density at radius 2 is 1.93 bits per heavy atom. The number of halogens is 2. The van der Waals surface area contributed by atoms with E-state index in [0.29, 0.717) is 0 Å². The first-order valence-electron chi connectivity index (χ1n) is 4.29. The summed E-state index contributed by atoms with van der Waals surface area (Å²) in [5.74, 6) is -3.15. The molecule has 0 fully saturated rings. The summed E-state index contributed by atoms with van der Waals surface area (Å²) in [6.45, 7) is 3.23. The van der Waals surface area contributed by atoms with Gasteiger partial charge in [-0.1, -0.05) is 36.4 Å². The van der Waals surface area contributed by atoms with Crippen LogP contribution in [0.2, 0.25) is 0 Å². The van der Waals surface area contributed by atoms with Crippen LogP contribution in [-0.2, 0) is 0 Å². The van der Waals surface area contributed by atoms with Gasteiger partial charge in [0.2, 0.25) is 0 Å². The lowest BCUT2D eigenvalue weighted by Crippen LogP contribution is -2.25. The molecule has 76 valence electrons. The highest BCUT2D eigenvalue weighted by molar-refractivity contribution is 5.19. The summed E-state index contributed by atoms with van der Waals surface area (Å²) >= 11 is 0. The molecule has 0 spiro atoms. The number of aliphatic hydroxyl groups excluding tert-OH is 1. The third-order valence-electron chi connectivity index (χ3n) is 1.93. The molecule has 0 aromatic heterocycles. The highest BCUT2D eigenvalue weighted by Crippen LogP contribution is 2.34. The Hall–Kier alpha value is -1.22. The van der Waals surface area contributed by atoms with Gasteiger partial charge >= 0.3 is 0 Å². The lowest BCUT2D eigenvalue weighted by atomic mass is 10.0. The van der Waals surface area contributed by atoms with Gasteiger partial charge in [-0.2, -0.15) is 0 Å². The molecule has 0 saturated heterocycles. The normalized spacial score (nSPS) is 13.6. The van der Waals surface area contributed by atoms with Crippen molar-refractivity contribution in [2.24, 2.45) is 0 Å². The summed E-state index contributed by atoms with van der Waals surface area (Å²) in [5.41, 5.74) is 0.222. The van der Waals surface area contributed by atoms with Crippen molar-refractivity contribution in [2.75, 3.05) is 0 Å². The van der Waals surface area contributed by atoms with Crippen molar-refractivity contribution in [1.82, 2.24) is 0 Å². The minimum Gasteiger partial charge on any atom is -0.382 e. The van der Waals surface area contributed by atoms with E-state index in [4.69, 9.17) is 0 Å². The van der Waals surface area contributed by atoms with Gasteiger partial charge in [-0.25, -0.2) is 8.78 Å². The molecule has 1 aromatic carbocycles. The summed E-state index contributed by atoms with van der Waals surface area (Å²) in [5, 5.41) is 9.38. The topological polar surface area (TPSA) is 20.2 Å². The van der Waals surface area contributed by atoms with Gasteiger partial charge in [-0.05, 0) is 5.56 Å². The Kier molecular flexibility index (Phi) is 3.36. The van der Waals surface area contributed by atoms with Crippen molar-refractivity contribution in [3.63, 3.8) is 0 Å². The molecule has 1 nitrogen and oxygen atoms in total. The molecule has 0 amide bonds. The third kappa shape index (κ3) is 2.39. The molecule has 1 rings (SSSR count). The molecule has 0 bridgehead atoms. The van der Waals surface area contributed by atoms with E-state index in [1.54, 1.807) is 18.2 Å². The highest BCUT2D eigenvalue weighted by atomic mass is 19.3. The number of aliphatic hydroxyl groups is 1. The molecule has 0 radical (unpaired) electrons. The Bertz CT molecular complexity index is 295. The summed E-state index contributed by atoms with van der Waals surface area (Å²) in [6, 6.07) is 7.89. The number of allylic oxidation sites excluding steroid dienone is 1. The number of alkyl halides is 2.